The first-order valence-electron chi connectivity index (χ1n) is 9.77. The van der Waals surface area contributed by atoms with Crippen molar-refractivity contribution in [1.82, 2.24) is 10.2 Å². The van der Waals surface area contributed by atoms with Gasteiger partial charge in [0.2, 0.25) is 5.91 Å². The van der Waals surface area contributed by atoms with E-state index < -0.39 is 6.04 Å². The lowest BCUT2D eigenvalue weighted by Crippen LogP contribution is -2.48. The molecule has 1 aliphatic heterocycles. The van der Waals surface area contributed by atoms with E-state index in [1.165, 1.54) is 5.56 Å². The zero-order valence-electron chi connectivity index (χ0n) is 17.4. The fourth-order valence-electron chi connectivity index (χ4n) is 3.11. The Balaban J connectivity index is 0.00000364. The standard InChI is InChI=1S/C21H35N3O2.2ClH/c1-21(2,3)19(22)20(25)23-12-7-15-26-18-10-13-24(14-11-18)16-17-8-5-4-6-9-17;;/h4-6,8-9,18-19H,7,10-16,22H2,1-3H3,(H,23,25);2*1H/t19-;;/m1../s1. The van der Waals surface area contributed by atoms with Gasteiger partial charge in [-0.25, -0.2) is 0 Å². The minimum absolute atomic E-state index is 0. The normalized spacial score (nSPS) is 16.6. The van der Waals surface area contributed by atoms with Crippen LogP contribution in [0, 0.1) is 5.41 Å². The number of likely N-dealkylation sites (tertiary alicyclic amines) is 1. The van der Waals surface area contributed by atoms with Gasteiger partial charge in [0.25, 0.3) is 0 Å². The van der Waals surface area contributed by atoms with Crippen molar-refractivity contribution in [2.75, 3.05) is 26.2 Å². The predicted molar refractivity (Wildman–Crippen MR) is 120 cm³/mol. The largest absolute Gasteiger partial charge is 0.378 e. The summed E-state index contributed by atoms with van der Waals surface area (Å²) < 4.78 is 5.98. The van der Waals surface area contributed by atoms with Crippen molar-refractivity contribution < 1.29 is 9.53 Å². The molecule has 1 aromatic rings. The molecule has 7 heteroatoms. The molecule has 5 nitrogen and oxygen atoms in total. The lowest BCUT2D eigenvalue weighted by atomic mass is 9.87. The van der Waals surface area contributed by atoms with E-state index in [4.69, 9.17) is 10.5 Å². The molecule has 0 radical (unpaired) electrons. The van der Waals surface area contributed by atoms with Gasteiger partial charge in [-0.05, 0) is 30.2 Å². The number of hydrogen-bond donors (Lipinski definition) is 2. The maximum Gasteiger partial charge on any atom is 0.237 e. The second-order valence-electron chi connectivity index (χ2n) is 8.32. The van der Waals surface area contributed by atoms with Crippen LogP contribution >= 0.6 is 24.8 Å². The molecule has 1 fully saturated rings. The predicted octanol–water partition coefficient (Wildman–Crippen LogP) is 3.39. The van der Waals surface area contributed by atoms with Crippen molar-refractivity contribution in [2.45, 2.75) is 58.7 Å². The summed E-state index contributed by atoms with van der Waals surface area (Å²) in [6.07, 6.45) is 3.32. The van der Waals surface area contributed by atoms with E-state index in [2.05, 4.69) is 40.5 Å². The molecule has 1 amide bonds. The van der Waals surface area contributed by atoms with Crippen molar-refractivity contribution in [3.8, 4) is 0 Å². The van der Waals surface area contributed by atoms with Crippen LogP contribution < -0.4 is 11.1 Å². The van der Waals surface area contributed by atoms with Gasteiger partial charge in [-0.1, -0.05) is 51.1 Å². The molecular formula is C21H37Cl2N3O2. The number of benzene rings is 1. The van der Waals surface area contributed by atoms with Gasteiger partial charge in [0.05, 0.1) is 12.1 Å². The zero-order chi connectivity index (χ0) is 19.0. The van der Waals surface area contributed by atoms with E-state index in [0.29, 0.717) is 19.3 Å². The van der Waals surface area contributed by atoms with Crippen LogP contribution in [0.4, 0.5) is 0 Å². The van der Waals surface area contributed by atoms with Crippen molar-refractivity contribution in [3.63, 3.8) is 0 Å². The van der Waals surface area contributed by atoms with Crippen molar-refractivity contribution in [1.29, 1.82) is 0 Å². The average molecular weight is 434 g/mol. The van der Waals surface area contributed by atoms with Gasteiger partial charge in [0, 0.05) is 32.8 Å². The number of carbonyl (C=O) groups excluding carboxylic acids is 1. The quantitative estimate of drug-likeness (QED) is 0.616. The highest BCUT2D eigenvalue weighted by Crippen LogP contribution is 2.18. The van der Waals surface area contributed by atoms with Gasteiger partial charge in [-0.2, -0.15) is 0 Å². The Hall–Kier alpha value is -0.850. The van der Waals surface area contributed by atoms with E-state index in [0.717, 1.165) is 38.9 Å². The smallest absolute Gasteiger partial charge is 0.237 e. The lowest BCUT2D eigenvalue weighted by Gasteiger charge is -2.32. The number of hydrogen-bond acceptors (Lipinski definition) is 4. The van der Waals surface area contributed by atoms with Crippen LogP contribution in [-0.4, -0.2) is 49.2 Å². The first-order chi connectivity index (χ1) is 12.4. The van der Waals surface area contributed by atoms with Crippen LogP contribution in [-0.2, 0) is 16.1 Å². The van der Waals surface area contributed by atoms with Crippen LogP contribution in [0.15, 0.2) is 30.3 Å². The van der Waals surface area contributed by atoms with Gasteiger partial charge in [-0.15, -0.1) is 24.8 Å². The second-order valence-corrected chi connectivity index (χ2v) is 8.32. The number of piperidine rings is 1. The molecule has 28 heavy (non-hydrogen) atoms. The number of nitrogens with one attached hydrogen (secondary N) is 1. The van der Waals surface area contributed by atoms with E-state index in [9.17, 15) is 4.79 Å². The Morgan fingerprint density at radius 2 is 1.82 bits per heavy atom. The molecule has 1 aliphatic rings. The van der Waals surface area contributed by atoms with E-state index in [1.54, 1.807) is 0 Å². The van der Waals surface area contributed by atoms with E-state index in [1.807, 2.05) is 20.8 Å². The zero-order valence-corrected chi connectivity index (χ0v) is 19.0. The van der Waals surface area contributed by atoms with Crippen LogP contribution in [0.25, 0.3) is 0 Å². The number of rotatable bonds is 8. The van der Waals surface area contributed by atoms with Crippen LogP contribution in [0.2, 0.25) is 0 Å². The summed E-state index contributed by atoms with van der Waals surface area (Å²) in [5, 5.41) is 2.91. The summed E-state index contributed by atoms with van der Waals surface area (Å²) in [7, 11) is 0. The molecule has 1 atom stereocenters. The summed E-state index contributed by atoms with van der Waals surface area (Å²) in [6.45, 7) is 10.4. The lowest BCUT2D eigenvalue weighted by molar-refractivity contribution is -0.124. The molecule has 162 valence electrons. The molecule has 3 N–H and O–H groups in total. The summed E-state index contributed by atoms with van der Waals surface area (Å²) >= 11 is 0. The molecule has 1 saturated heterocycles. The SMILES string of the molecule is CC(C)(C)[C@H](N)C(=O)NCCCOC1CCN(Cc2ccccc2)CC1.Cl.Cl. The summed E-state index contributed by atoms with van der Waals surface area (Å²) in [4.78, 5) is 14.4. The van der Waals surface area contributed by atoms with E-state index in [-0.39, 0.29) is 36.1 Å². The molecular weight excluding hydrogens is 397 g/mol. The summed E-state index contributed by atoms with van der Waals surface area (Å²) in [5.41, 5.74) is 7.10. The number of ether oxygens (including phenoxy) is 1. The molecule has 0 bridgehead atoms. The Morgan fingerprint density at radius 3 is 2.39 bits per heavy atom. The molecule has 0 spiro atoms. The first kappa shape index (κ1) is 27.1. The van der Waals surface area contributed by atoms with Gasteiger partial charge >= 0.3 is 0 Å². The highest BCUT2D eigenvalue weighted by atomic mass is 35.5. The maximum atomic E-state index is 12.0. The number of nitrogens with two attached hydrogens (primary N) is 1. The van der Waals surface area contributed by atoms with Gasteiger partial charge in [-0.3, -0.25) is 9.69 Å². The number of nitrogens with zero attached hydrogens (tertiary/aromatic N) is 1. The number of halogens is 2. The molecule has 0 aromatic heterocycles. The fourth-order valence-corrected chi connectivity index (χ4v) is 3.11. The third-order valence-corrected chi connectivity index (χ3v) is 4.97. The molecule has 2 rings (SSSR count). The molecule has 0 saturated carbocycles. The van der Waals surface area contributed by atoms with Gasteiger partial charge in [0.15, 0.2) is 0 Å². The third kappa shape index (κ3) is 9.57. The molecule has 0 aliphatic carbocycles. The van der Waals surface area contributed by atoms with Crippen molar-refractivity contribution in [2.24, 2.45) is 11.1 Å². The summed E-state index contributed by atoms with van der Waals surface area (Å²) in [5.74, 6) is -0.0771. The monoisotopic (exact) mass is 433 g/mol. The fraction of sp³-hybridized carbons (Fsp3) is 0.667. The summed E-state index contributed by atoms with van der Waals surface area (Å²) in [6, 6.07) is 10.1. The first-order valence-corrected chi connectivity index (χ1v) is 9.77. The van der Waals surface area contributed by atoms with Crippen LogP contribution in [0.5, 0.6) is 0 Å². The molecule has 1 heterocycles. The van der Waals surface area contributed by atoms with Crippen LogP contribution in [0.1, 0.15) is 45.6 Å². The van der Waals surface area contributed by atoms with E-state index >= 15 is 0 Å². The number of amides is 1. The van der Waals surface area contributed by atoms with Crippen molar-refractivity contribution >= 4 is 30.7 Å². The topological polar surface area (TPSA) is 67.6 Å². The highest BCUT2D eigenvalue weighted by Gasteiger charge is 2.27. The Morgan fingerprint density at radius 1 is 1.21 bits per heavy atom. The molecule has 1 aromatic carbocycles. The highest BCUT2D eigenvalue weighted by molar-refractivity contribution is 5.85. The van der Waals surface area contributed by atoms with Gasteiger partial charge < -0.3 is 15.8 Å². The van der Waals surface area contributed by atoms with Gasteiger partial charge in [0.1, 0.15) is 0 Å². The Kier molecular flexibility index (Phi) is 13.0. The minimum Gasteiger partial charge on any atom is -0.378 e. The average Bonchev–Trinajstić information content (AvgIpc) is 2.62. The Bertz CT molecular complexity index is 544. The second kappa shape index (κ2) is 13.4. The third-order valence-electron chi connectivity index (χ3n) is 4.97. The maximum absolute atomic E-state index is 12.0. The van der Waals surface area contributed by atoms with Crippen LogP contribution in [0.3, 0.4) is 0 Å². The Labute approximate surface area is 182 Å². The minimum atomic E-state index is -0.475. The number of carbonyl (C=O) groups is 1. The van der Waals surface area contributed by atoms with Crippen molar-refractivity contribution in [3.05, 3.63) is 35.9 Å². The molecule has 0 unspecified atom stereocenters.